The summed E-state index contributed by atoms with van der Waals surface area (Å²) in [5.41, 5.74) is 0.249. The van der Waals surface area contributed by atoms with Crippen molar-refractivity contribution in [2.75, 3.05) is 5.32 Å². The highest BCUT2D eigenvalue weighted by atomic mass is 79.9. The number of hydrogen-bond acceptors (Lipinski definition) is 5. The molecule has 116 valence electrons. The van der Waals surface area contributed by atoms with E-state index in [-0.39, 0.29) is 17.4 Å². The average Bonchev–Trinajstić information content (AvgIpc) is 3.03. The average molecular weight is 394 g/mol. The van der Waals surface area contributed by atoms with Crippen LogP contribution in [0.5, 0.6) is 11.6 Å². The van der Waals surface area contributed by atoms with Crippen LogP contribution in [-0.4, -0.2) is 15.9 Å². The first-order valence-corrected chi connectivity index (χ1v) is 8.09. The van der Waals surface area contributed by atoms with Gasteiger partial charge in [-0.05, 0) is 46.3 Å². The van der Waals surface area contributed by atoms with Crippen molar-refractivity contribution < 1.29 is 13.9 Å². The van der Waals surface area contributed by atoms with Gasteiger partial charge in [0.05, 0.1) is 4.47 Å². The molecule has 2 heterocycles. The summed E-state index contributed by atoms with van der Waals surface area (Å²) < 4.78 is 19.2. The van der Waals surface area contributed by atoms with Gasteiger partial charge in [0.25, 0.3) is 5.91 Å². The standard InChI is InChI=1S/C15H9BrFN3O2S/c16-11-8-9(17)3-4-12(11)22-14-10(2-1-5-18-14)13(21)20-15-19-6-7-23-15/h1-8H,(H,19,20,21). The van der Waals surface area contributed by atoms with Crippen LogP contribution in [0.4, 0.5) is 9.52 Å². The van der Waals surface area contributed by atoms with Gasteiger partial charge in [-0.3, -0.25) is 10.1 Å². The van der Waals surface area contributed by atoms with Crippen LogP contribution in [-0.2, 0) is 0 Å². The number of pyridine rings is 1. The number of anilines is 1. The first-order valence-electron chi connectivity index (χ1n) is 6.42. The van der Waals surface area contributed by atoms with E-state index in [1.807, 2.05) is 0 Å². The van der Waals surface area contributed by atoms with Gasteiger partial charge >= 0.3 is 0 Å². The van der Waals surface area contributed by atoms with Crippen molar-refractivity contribution in [1.82, 2.24) is 9.97 Å². The number of halogens is 2. The lowest BCUT2D eigenvalue weighted by Gasteiger charge is -2.10. The Morgan fingerprint density at radius 1 is 1.26 bits per heavy atom. The Bertz CT molecular complexity index is 842. The van der Waals surface area contributed by atoms with Crippen molar-refractivity contribution in [3.63, 3.8) is 0 Å². The molecule has 0 aliphatic heterocycles. The van der Waals surface area contributed by atoms with Crippen LogP contribution in [0.15, 0.2) is 52.6 Å². The minimum absolute atomic E-state index is 0.119. The zero-order valence-electron chi connectivity index (χ0n) is 11.5. The van der Waals surface area contributed by atoms with E-state index >= 15 is 0 Å². The number of rotatable bonds is 4. The SMILES string of the molecule is O=C(Nc1nccs1)c1cccnc1Oc1ccc(F)cc1Br. The molecule has 2 aromatic heterocycles. The molecule has 0 aliphatic rings. The van der Waals surface area contributed by atoms with E-state index in [9.17, 15) is 9.18 Å². The molecule has 8 heteroatoms. The molecule has 0 atom stereocenters. The highest BCUT2D eigenvalue weighted by molar-refractivity contribution is 9.10. The van der Waals surface area contributed by atoms with Gasteiger partial charge in [-0.15, -0.1) is 11.3 Å². The monoisotopic (exact) mass is 393 g/mol. The fraction of sp³-hybridized carbons (Fsp3) is 0. The van der Waals surface area contributed by atoms with E-state index in [1.165, 1.54) is 35.7 Å². The molecular formula is C15H9BrFN3O2S. The van der Waals surface area contributed by atoms with Crippen molar-refractivity contribution in [2.24, 2.45) is 0 Å². The zero-order valence-corrected chi connectivity index (χ0v) is 13.9. The molecule has 3 rings (SSSR count). The van der Waals surface area contributed by atoms with Gasteiger partial charge in [-0.2, -0.15) is 0 Å². The van der Waals surface area contributed by atoms with Crippen molar-refractivity contribution in [1.29, 1.82) is 0 Å². The fourth-order valence-electron chi connectivity index (χ4n) is 1.76. The molecule has 0 fully saturated rings. The molecule has 0 aliphatic carbocycles. The molecule has 3 aromatic rings. The Morgan fingerprint density at radius 3 is 2.87 bits per heavy atom. The Hall–Kier alpha value is -2.32. The largest absolute Gasteiger partial charge is 0.437 e. The second kappa shape index (κ2) is 6.84. The van der Waals surface area contributed by atoms with Crippen molar-refractivity contribution in [2.45, 2.75) is 0 Å². The molecule has 1 N–H and O–H groups in total. The van der Waals surface area contributed by atoms with Crippen LogP contribution in [0.3, 0.4) is 0 Å². The number of amides is 1. The summed E-state index contributed by atoms with van der Waals surface area (Å²) in [4.78, 5) is 20.4. The third-order valence-corrected chi connectivity index (χ3v) is 4.08. The topological polar surface area (TPSA) is 64.1 Å². The van der Waals surface area contributed by atoms with E-state index in [0.29, 0.717) is 15.4 Å². The lowest BCUT2D eigenvalue weighted by molar-refractivity contribution is 0.102. The summed E-state index contributed by atoms with van der Waals surface area (Å²) >= 11 is 4.52. The lowest BCUT2D eigenvalue weighted by Crippen LogP contribution is -2.13. The summed E-state index contributed by atoms with van der Waals surface area (Å²) in [6.07, 6.45) is 3.10. The maximum absolute atomic E-state index is 13.1. The summed E-state index contributed by atoms with van der Waals surface area (Å²) in [6.45, 7) is 0. The van der Waals surface area contributed by atoms with Gasteiger partial charge in [-0.25, -0.2) is 14.4 Å². The van der Waals surface area contributed by atoms with Gasteiger partial charge in [0.15, 0.2) is 5.13 Å². The number of hydrogen-bond donors (Lipinski definition) is 1. The predicted octanol–water partition coefficient (Wildman–Crippen LogP) is 4.48. The second-order valence-electron chi connectivity index (χ2n) is 4.32. The minimum Gasteiger partial charge on any atom is -0.437 e. The van der Waals surface area contributed by atoms with Gasteiger partial charge < -0.3 is 4.74 Å². The first kappa shape index (κ1) is 15.6. The van der Waals surface area contributed by atoms with Gasteiger partial charge in [-0.1, -0.05) is 0 Å². The van der Waals surface area contributed by atoms with Gasteiger partial charge in [0, 0.05) is 17.8 Å². The molecule has 5 nitrogen and oxygen atoms in total. The molecule has 23 heavy (non-hydrogen) atoms. The lowest BCUT2D eigenvalue weighted by atomic mass is 10.2. The number of nitrogens with one attached hydrogen (secondary N) is 1. The summed E-state index contributed by atoms with van der Waals surface area (Å²) in [5, 5.41) is 4.90. The Balaban J connectivity index is 1.87. The number of ether oxygens (including phenoxy) is 1. The predicted molar refractivity (Wildman–Crippen MR) is 88.5 cm³/mol. The van der Waals surface area contributed by atoms with Crippen molar-refractivity contribution in [3.8, 4) is 11.6 Å². The Morgan fingerprint density at radius 2 is 2.13 bits per heavy atom. The van der Waals surface area contributed by atoms with E-state index in [1.54, 1.807) is 23.7 Å². The molecule has 0 spiro atoms. The zero-order chi connectivity index (χ0) is 16.2. The highest BCUT2D eigenvalue weighted by Gasteiger charge is 2.16. The van der Waals surface area contributed by atoms with E-state index < -0.39 is 5.82 Å². The summed E-state index contributed by atoms with van der Waals surface area (Å²) in [5.74, 6) is -0.310. The highest BCUT2D eigenvalue weighted by Crippen LogP contribution is 2.31. The summed E-state index contributed by atoms with van der Waals surface area (Å²) in [6, 6.07) is 7.20. The quantitative estimate of drug-likeness (QED) is 0.709. The van der Waals surface area contributed by atoms with E-state index in [2.05, 4.69) is 31.2 Å². The van der Waals surface area contributed by atoms with Crippen LogP contribution in [0.25, 0.3) is 0 Å². The first-order chi connectivity index (χ1) is 11.1. The normalized spacial score (nSPS) is 10.3. The maximum Gasteiger partial charge on any atom is 0.262 e. The number of carbonyl (C=O) groups is 1. The summed E-state index contributed by atoms with van der Waals surface area (Å²) in [7, 11) is 0. The molecule has 1 aromatic carbocycles. The number of benzene rings is 1. The Kier molecular flexibility index (Phi) is 4.63. The number of carbonyl (C=O) groups excluding carboxylic acids is 1. The number of nitrogens with zero attached hydrogens (tertiary/aromatic N) is 2. The minimum atomic E-state index is -0.396. The van der Waals surface area contributed by atoms with E-state index in [4.69, 9.17) is 4.74 Å². The molecule has 0 radical (unpaired) electrons. The van der Waals surface area contributed by atoms with Crippen molar-refractivity contribution >= 4 is 38.3 Å². The van der Waals surface area contributed by atoms with Crippen molar-refractivity contribution in [3.05, 3.63) is 64.0 Å². The molecule has 1 amide bonds. The van der Waals surface area contributed by atoms with E-state index in [0.717, 1.165) is 0 Å². The Labute approximate surface area is 143 Å². The second-order valence-corrected chi connectivity index (χ2v) is 6.07. The third-order valence-electron chi connectivity index (χ3n) is 2.77. The molecule has 0 unspecified atom stereocenters. The van der Waals surface area contributed by atoms with Crippen LogP contribution in [0.1, 0.15) is 10.4 Å². The third kappa shape index (κ3) is 3.72. The number of thiazole rings is 1. The van der Waals surface area contributed by atoms with Crippen LogP contribution < -0.4 is 10.1 Å². The van der Waals surface area contributed by atoms with Crippen LogP contribution in [0, 0.1) is 5.82 Å². The fourth-order valence-corrected chi connectivity index (χ4v) is 2.71. The molecule has 0 bridgehead atoms. The maximum atomic E-state index is 13.1. The molecule has 0 saturated carbocycles. The smallest absolute Gasteiger partial charge is 0.262 e. The molecule has 0 saturated heterocycles. The van der Waals surface area contributed by atoms with Gasteiger partial charge in [0.2, 0.25) is 5.88 Å². The number of aromatic nitrogens is 2. The van der Waals surface area contributed by atoms with Gasteiger partial charge in [0.1, 0.15) is 17.1 Å². The van der Waals surface area contributed by atoms with Crippen LogP contribution in [0.2, 0.25) is 0 Å². The van der Waals surface area contributed by atoms with Crippen LogP contribution >= 0.6 is 27.3 Å². The molecular weight excluding hydrogens is 385 g/mol.